The Morgan fingerprint density at radius 3 is 2.64 bits per heavy atom. The predicted molar refractivity (Wildman–Crippen MR) is 132 cm³/mol. The quantitative estimate of drug-likeness (QED) is 0.614. The zero-order valence-electron chi connectivity index (χ0n) is 19.2. The molecule has 0 radical (unpaired) electrons. The summed E-state index contributed by atoms with van der Waals surface area (Å²) in [6.07, 6.45) is 3.86. The van der Waals surface area contributed by atoms with Gasteiger partial charge in [0.25, 0.3) is 5.91 Å². The molecule has 1 amide bonds. The molecule has 33 heavy (non-hydrogen) atoms. The van der Waals surface area contributed by atoms with Crippen LogP contribution in [0.1, 0.15) is 28.8 Å². The van der Waals surface area contributed by atoms with Gasteiger partial charge in [0.2, 0.25) is 5.95 Å². The molecule has 1 aromatic carbocycles. The summed E-state index contributed by atoms with van der Waals surface area (Å²) in [6, 6.07) is 4.76. The van der Waals surface area contributed by atoms with E-state index in [1.165, 1.54) is 0 Å². The smallest absolute Gasteiger partial charge is 0.256 e. The van der Waals surface area contributed by atoms with Gasteiger partial charge in [-0.2, -0.15) is 4.98 Å². The summed E-state index contributed by atoms with van der Waals surface area (Å²) >= 11 is 6.32. The van der Waals surface area contributed by atoms with E-state index in [2.05, 4.69) is 41.8 Å². The number of hydrogen-bond donors (Lipinski definition) is 3. The number of hydrogen-bond acceptors (Lipinski definition) is 8. The van der Waals surface area contributed by atoms with E-state index in [9.17, 15) is 4.79 Å². The number of nitrogens with one attached hydrogen (secondary N) is 3. The Labute approximate surface area is 199 Å². The Bertz CT molecular complexity index is 1030. The van der Waals surface area contributed by atoms with Crippen LogP contribution in [0.4, 0.5) is 23.1 Å². The Kier molecular flexibility index (Phi) is 6.27. The molecule has 3 N–H and O–H groups in total. The van der Waals surface area contributed by atoms with E-state index in [1.807, 2.05) is 13.1 Å². The van der Waals surface area contributed by atoms with Crippen LogP contribution in [-0.2, 0) is 6.54 Å². The summed E-state index contributed by atoms with van der Waals surface area (Å²) in [5.41, 5.74) is 3.67. The second kappa shape index (κ2) is 9.32. The van der Waals surface area contributed by atoms with Gasteiger partial charge in [-0.15, -0.1) is 0 Å². The molecule has 2 aromatic rings. The maximum Gasteiger partial charge on any atom is 0.256 e. The summed E-state index contributed by atoms with van der Waals surface area (Å²) in [6.45, 7) is 7.08. The minimum atomic E-state index is 0.0177. The van der Waals surface area contributed by atoms with Gasteiger partial charge in [-0.3, -0.25) is 9.69 Å². The molecule has 5 rings (SSSR count). The molecular weight excluding hydrogens is 440 g/mol. The topological polar surface area (TPSA) is 88.7 Å². The Hall–Kier alpha value is -2.62. The molecule has 0 atom stereocenters. The van der Waals surface area contributed by atoms with E-state index >= 15 is 0 Å². The first-order valence-electron chi connectivity index (χ1n) is 11.6. The highest BCUT2D eigenvalue weighted by atomic mass is 35.5. The highest BCUT2D eigenvalue weighted by molar-refractivity contribution is 6.33. The summed E-state index contributed by atoms with van der Waals surface area (Å²) in [4.78, 5) is 28.5. The summed E-state index contributed by atoms with van der Waals surface area (Å²) in [7, 11) is 3.60. The molecular formula is C23H31ClN8O. The number of fused-ring (bicyclic) bond motifs is 1. The molecule has 4 heterocycles. The Morgan fingerprint density at radius 1 is 1.15 bits per heavy atom. The van der Waals surface area contributed by atoms with Gasteiger partial charge < -0.3 is 25.8 Å². The first kappa shape index (κ1) is 22.2. The summed E-state index contributed by atoms with van der Waals surface area (Å²) < 4.78 is 0. The molecule has 2 saturated heterocycles. The monoisotopic (exact) mass is 470 g/mol. The van der Waals surface area contributed by atoms with Gasteiger partial charge in [-0.05, 0) is 25.0 Å². The minimum absolute atomic E-state index is 0.0177. The van der Waals surface area contributed by atoms with Crippen LogP contribution in [0.25, 0.3) is 0 Å². The lowest BCUT2D eigenvalue weighted by Gasteiger charge is -2.41. The van der Waals surface area contributed by atoms with Crippen molar-refractivity contribution in [1.29, 1.82) is 0 Å². The molecule has 1 aromatic heterocycles. The zero-order chi connectivity index (χ0) is 22.9. The number of halogens is 1. The van der Waals surface area contributed by atoms with Gasteiger partial charge in [0.15, 0.2) is 5.82 Å². The van der Waals surface area contributed by atoms with Crippen LogP contribution in [-0.4, -0.2) is 85.1 Å². The molecule has 10 heteroatoms. The average molecular weight is 471 g/mol. The number of anilines is 4. The lowest BCUT2D eigenvalue weighted by Crippen LogP contribution is -2.52. The van der Waals surface area contributed by atoms with Gasteiger partial charge >= 0.3 is 0 Å². The molecule has 0 saturated carbocycles. The second-order valence-electron chi connectivity index (χ2n) is 8.92. The lowest BCUT2D eigenvalue weighted by atomic mass is 9.99. The van der Waals surface area contributed by atoms with Crippen molar-refractivity contribution in [2.45, 2.75) is 25.4 Å². The van der Waals surface area contributed by atoms with Gasteiger partial charge in [-0.25, -0.2) is 4.98 Å². The van der Waals surface area contributed by atoms with Crippen LogP contribution < -0.4 is 20.9 Å². The summed E-state index contributed by atoms with van der Waals surface area (Å²) in [5, 5.41) is 10.0. The van der Waals surface area contributed by atoms with Crippen LogP contribution in [0.15, 0.2) is 18.3 Å². The Balaban J connectivity index is 1.39. The molecule has 9 nitrogen and oxygen atoms in total. The first-order chi connectivity index (χ1) is 16.0. The first-order valence-corrected chi connectivity index (χ1v) is 12.0. The molecule has 0 bridgehead atoms. The largest absolute Gasteiger partial charge is 0.371 e. The van der Waals surface area contributed by atoms with Crippen LogP contribution >= 0.6 is 11.6 Å². The van der Waals surface area contributed by atoms with E-state index in [0.29, 0.717) is 34.9 Å². The SMILES string of the molecule is CNc1ncc(Cl)c(Nc2ccc(N3CCC(N4CCNCC4)CC3)c3c2C(=O)N(C)C3)n1. The van der Waals surface area contributed by atoms with Gasteiger partial charge in [0.1, 0.15) is 5.02 Å². The van der Waals surface area contributed by atoms with Gasteiger partial charge in [0.05, 0.1) is 17.4 Å². The fourth-order valence-electron chi connectivity index (χ4n) is 5.16. The predicted octanol–water partition coefficient (Wildman–Crippen LogP) is 2.37. The van der Waals surface area contributed by atoms with Crippen molar-refractivity contribution in [1.82, 2.24) is 25.1 Å². The fraction of sp³-hybridized carbons (Fsp3) is 0.522. The highest BCUT2D eigenvalue weighted by Gasteiger charge is 2.33. The van der Waals surface area contributed by atoms with Crippen molar-refractivity contribution in [2.75, 3.05) is 68.9 Å². The highest BCUT2D eigenvalue weighted by Crippen LogP contribution is 2.39. The van der Waals surface area contributed by atoms with Gasteiger partial charge in [-0.1, -0.05) is 11.6 Å². The molecule has 2 fully saturated rings. The van der Waals surface area contributed by atoms with Crippen LogP contribution in [0.5, 0.6) is 0 Å². The number of rotatable bonds is 5. The van der Waals surface area contributed by atoms with Crippen molar-refractivity contribution in [3.63, 3.8) is 0 Å². The number of carbonyl (C=O) groups excluding carboxylic acids is 1. The molecule has 0 aliphatic carbocycles. The zero-order valence-corrected chi connectivity index (χ0v) is 20.0. The van der Waals surface area contributed by atoms with Crippen molar-refractivity contribution in [2.24, 2.45) is 0 Å². The maximum atomic E-state index is 13.1. The Morgan fingerprint density at radius 2 is 1.91 bits per heavy atom. The average Bonchev–Trinajstić information content (AvgIpc) is 3.16. The second-order valence-corrected chi connectivity index (χ2v) is 9.32. The fourth-order valence-corrected chi connectivity index (χ4v) is 5.30. The van der Waals surface area contributed by atoms with Crippen molar-refractivity contribution in [3.05, 3.63) is 34.5 Å². The summed E-state index contributed by atoms with van der Waals surface area (Å²) in [5.74, 6) is 0.959. The van der Waals surface area contributed by atoms with Crippen molar-refractivity contribution in [3.8, 4) is 0 Å². The third-order valence-corrected chi connectivity index (χ3v) is 7.21. The van der Waals surface area contributed by atoms with Crippen molar-refractivity contribution >= 4 is 40.6 Å². The number of amides is 1. The lowest BCUT2D eigenvalue weighted by molar-refractivity contribution is 0.0817. The minimum Gasteiger partial charge on any atom is -0.371 e. The number of nitrogens with zero attached hydrogens (tertiary/aromatic N) is 5. The van der Waals surface area contributed by atoms with Crippen LogP contribution in [0, 0.1) is 0 Å². The van der Waals surface area contributed by atoms with Crippen molar-refractivity contribution < 1.29 is 4.79 Å². The standard InChI is InChI=1S/C23H31ClN8O/c1-25-23-27-13-17(24)21(29-23)28-18-3-4-19(16-14-30(2)22(33)20(16)18)32-9-5-15(6-10-32)31-11-7-26-8-12-31/h3-4,13,15,26H,5-12,14H2,1-2H3,(H2,25,27,28,29). The van der Waals surface area contributed by atoms with E-state index in [-0.39, 0.29) is 5.91 Å². The maximum absolute atomic E-state index is 13.1. The van der Waals surface area contributed by atoms with E-state index in [0.717, 1.165) is 69.0 Å². The molecule has 3 aliphatic heterocycles. The number of aromatic nitrogens is 2. The molecule has 0 unspecified atom stereocenters. The molecule has 3 aliphatic rings. The number of benzene rings is 1. The molecule has 0 spiro atoms. The number of piperidine rings is 1. The van der Waals surface area contributed by atoms with Crippen LogP contribution in [0.3, 0.4) is 0 Å². The normalized spacial score (nSPS) is 19.7. The van der Waals surface area contributed by atoms with E-state index in [4.69, 9.17) is 11.6 Å². The number of piperazine rings is 1. The van der Waals surface area contributed by atoms with E-state index in [1.54, 1.807) is 18.1 Å². The van der Waals surface area contributed by atoms with Gasteiger partial charge in [0, 0.05) is 77.2 Å². The third-order valence-electron chi connectivity index (χ3n) is 6.94. The molecule has 176 valence electrons. The van der Waals surface area contributed by atoms with Crippen LogP contribution in [0.2, 0.25) is 5.02 Å². The third kappa shape index (κ3) is 4.32. The number of carbonyl (C=O) groups is 1. The van der Waals surface area contributed by atoms with E-state index < -0.39 is 0 Å².